The first-order chi connectivity index (χ1) is 13.2. The highest BCUT2D eigenvalue weighted by Crippen LogP contribution is 2.37. The Labute approximate surface area is 170 Å². The topological polar surface area (TPSA) is 50.4 Å². The predicted molar refractivity (Wildman–Crippen MR) is 116 cm³/mol. The zero-order valence-corrected chi connectivity index (χ0v) is 17.3. The van der Waals surface area contributed by atoms with Crippen LogP contribution in [0, 0.1) is 0 Å². The molecule has 3 rings (SSSR count). The molecule has 0 fully saturated rings. The van der Waals surface area contributed by atoms with Crippen LogP contribution in [0.5, 0.6) is 0 Å². The molecule has 6 heteroatoms. The zero-order valence-electron chi connectivity index (χ0n) is 15.7. The van der Waals surface area contributed by atoms with E-state index in [0.29, 0.717) is 23.8 Å². The lowest BCUT2D eigenvalue weighted by atomic mass is 9.96. The molecule has 1 heterocycles. The summed E-state index contributed by atoms with van der Waals surface area (Å²) in [7, 11) is 0. The van der Waals surface area contributed by atoms with Gasteiger partial charge in [0.05, 0.1) is 12.2 Å². The molecule has 144 valence electrons. The number of rotatable bonds is 5. The molecule has 0 unspecified atom stereocenters. The fraction of sp³-hybridized carbons (Fsp3) is 0.429. The van der Waals surface area contributed by atoms with Crippen molar-refractivity contribution >= 4 is 39.6 Å². The van der Waals surface area contributed by atoms with Gasteiger partial charge in [-0.2, -0.15) is 0 Å². The molecule has 1 aromatic heterocycles. The van der Waals surface area contributed by atoms with Crippen molar-refractivity contribution in [2.45, 2.75) is 52.0 Å². The fourth-order valence-electron chi connectivity index (χ4n) is 3.35. The minimum Gasteiger partial charge on any atom is -0.462 e. The predicted octanol–water partition coefficient (Wildman–Crippen LogP) is 5.07. The molecule has 1 aliphatic carbocycles. The van der Waals surface area contributed by atoms with Gasteiger partial charge in [0.25, 0.3) is 0 Å². The van der Waals surface area contributed by atoms with E-state index in [4.69, 9.17) is 17.0 Å². The highest BCUT2D eigenvalue weighted by atomic mass is 32.1. The summed E-state index contributed by atoms with van der Waals surface area (Å²) >= 11 is 7.12. The second kappa shape index (κ2) is 9.85. The Morgan fingerprint density at radius 2 is 1.89 bits per heavy atom. The van der Waals surface area contributed by atoms with E-state index in [1.165, 1.54) is 24.1 Å². The molecular formula is C21H26N2O2S2. The van der Waals surface area contributed by atoms with Crippen molar-refractivity contribution in [2.75, 3.05) is 11.9 Å². The van der Waals surface area contributed by atoms with E-state index in [0.717, 1.165) is 35.4 Å². The molecule has 0 bridgehead atoms. The van der Waals surface area contributed by atoms with E-state index in [1.807, 2.05) is 25.1 Å². The van der Waals surface area contributed by atoms with Gasteiger partial charge in [0, 0.05) is 11.4 Å². The van der Waals surface area contributed by atoms with Crippen LogP contribution < -0.4 is 10.6 Å². The molecule has 0 saturated carbocycles. The lowest BCUT2D eigenvalue weighted by Gasteiger charge is -2.12. The molecule has 0 amide bonds. The number of carbonyl (C=O) groups excluding carboxylic acids is 1. The number of hydrogen-bond donors (Lipinski definition) is 2. The Morgan fingerprint density at radius 1 is 1.15 bits per heavy atom. The summed E-state index contributed by atoms with van der Waals surface area (Å²) in [5.74, 6) is -0.246. The second-order valence-corrected chi connectivity index (χ2v) is 8.15. The Bertz CT molecular complexity index is 787. The smallest absolute Gasteiger partial charge is 0.341 e. The van der Waals surface area contributed by atoms with Crippen molar-refractivity contribution in [3.8, 4) is 0 Å². The molecule has 0 saturated heterocycles. The third-order valence-corrected chi connectivity index (χ3v) is 6.13. The number of nitrogens with one attached hydrogen (secondary N) is 2. The van der Waals surface area contributed by atoms with Crippen LogP contribution in [0.25, 0.3) is 0 Å². The van der Waals surface area contributed by atoms with Crippen molar-refractivity contribution in [1.29, 1.82) is 0 Å². The monoisotopic (exact) mass is 402 g/mol. The minimum atomic E-state index is -0.246. The fourth-order valence-corrected chi connectivity index (χ4v) is 4.87. The van der Waals surface area contributed by atoms with E-state index < -0.39 is 0 Å². The average molecular weight is 403 g/mol. The Kier molecular flexibility index (Phi) is 7.24. The normalized spacial score (nSPS) is 13.8. The van der Waals surface area contributed by atoms with Crippen molar-refractivity contribution in [3.63, 3.8) is 0 Å². The van der Waals surface area contributed by atoms with Crippen LogP contribution >= 0.6 is 23.6 Å². The number of ether oxygens (including phenoxy) is 1. The van der Waals surface area contributed by atoms with Gasteiger partial charge >= 0.3 is 5.97 Å². The van der Waals surface area contributed by atoms with Crippen molar-refractivity contribution < 1.29 is 9.53 Å². The summed E-state index contributed by atoms with van der Waals surface area (Å²) in [5.41, 5.74) is 3.00. The highest BCUT2D eigenvalue weighted by molar-refractivity contribution is 7.80. The van der Waals surface area contributed by atoms with Gasteiger partial charge in [0.15, 0.2) is 5.11 Å². The van der Waals surface area contributed by atoms with E-state index in [9.17, 15) is 4.79 Å². The highest BCUT2D eigenvalue weighted by Gasteiger charge is 2.25. The molecule has 0 aliphatic heterocycles. The average Bonchev–Trinajstić information content (AvgIpc) is 2.97. The van der Waals surface area contributed by atoms with Gasteiger partial charge in [-0.25, -0.2) is 4.79 Å². The Balaban J connectivity index is 1.77. The van der Waals surface area contributed by atoms with Gasteiger partial charge in [0.2, 0.25) is 0 Å². The summed E-state index contributed by atoms with van der Waals surface area (Å²) in [6.45, 7) is 2.86. The lowest BCUT2D eigenvalue weighted by molar-refractivity contribution is 0.0526. The third kappa shape index (κ3) is 5.30. The van der Waals surface area contributed by atoms with Crippen LogP contribution in [0.3, 0.4) is 0 Å². The number of hydrogen-bond acceptors (Lipinski definition) is 4. The first kappa shape index (κ1) is 19.8. The van der Waals surface area contributed by atoms with Gasteiger partial charge in [-0.15, -0.1) is 11.3 Å². The number of anilines is 1. The Hall–Kier alpha value is -1.92. The van der Waals surface area contributed by atoms with Crippen LogP contribution in [0.15, 0.2) is 30.3 Å². The maximum absolute atomic E-state index is 12.6. The van der Waals surface area contributed by atoms with E-state index in [2.05, 4.69) is 22.8 Å². The standard InChI is InChI=1S/C21H26N2O2S2/c1-2-25-20(24)18-16-12-8-3-4-9-13-17(16)27-19(18)23-21(26)22-14-15-10-6-5-7-11-15/h5-7,10-11H,2-4,8-9,12-14H2,1H3,(H2,22,23,26). The number of thiocarbonyl (C=S) groups is 1. The first-order valence-electron chi connectivity index (χ1n) is 9.59. The first-order valence-corrected chi connectivity index (χ1v) is 10.8. The van der Waals surface area contributed by atoms with Crippen molar-refractivity contribution in [1.82, 2.24) is 5.32 Å². The Morgan fingerprint density at radius 3 is 2.63 bits per heavy atom. The van der Waals surface area contributed by atoms with Crippen LogP contribution in [-0.2, 0) is 24.1 Å². The van der Waals surface area contributed by atoms with Crippen LogP contribution in [0.4, 0.5) is 5.00 Å². The van der Waals surface area contributed by atoms with Crippen LogP contribution in [0.2, 0.25) is 0 Å². The van der Waals surface area contributed by atoms with Crippen LogP contribution in [-0.4, -0.2) is 17.7 Å². The van der Waals surface area contributed by atoms with Crippen molar-refractivity contribution in [2.24, 2.45) is 0 Å². The van der Waals surface area contributed by atoms with E-state index >= 15 is 0 Å². The van der Waals surface area contributed by atoms with E-state index in [-0.39, 0.29) is 5.97 Å². The minimum absolute atomic E-state index is 0.246. The van der Waals surface area contributed by atoms with Gasteiger partial charge in [-0.05, 0) is 56.0 Å². The van der Waals surface area contributed by atoms with Gasteiger partial charge in [-0.3, -0.25) is 0 Å². The molecule has 0 radical (unpaired) electrons. The molecule has 1 aliphatic rings. The van der Waals surface area contributed by atoms with Crippen molar-refractivity contribution in [3.05, 3.63) is 51.9 Å². The summed E-state index contributed by atoms with van der Waals surface area (Å²) in [4.78, 5) is 13.9. The van der Waals surface area contributed by atoms with Gasteiger partial charge in [-0.1, -0.05) is 43.2 Å². The second-order valence-electron chi connectivity index (χ2n) is 6.64. The molecule has 2 aromatic rings. The summed E-state index contributed by atoms with van der Waals surface area (Å²) in [6, 6.07) is 10.1. The molecule has 27 heavy (non-hydrogen) atoms. The zero-order chi connectivity index (χ0) is 19.1. The SMILES string of the molecule is CCOC(=O)c1c(NC(=S)NCc2ccccc2)sc2c1CCCCCC2. The third-order valence-electron chi connectivity index (χ3n) is 4.67. The number of esters is 1. The molecular weight excluding hydrogens is 376 g/mol. The molecule has 4 nitrogen and oxygen atoms in total. The number of carbonyl (C=O) groups is 1. The summed E-state index contributed by atoms with van der Waals surface area (Å²) < 4.78 is 5.34. The quantitative estimate of drug-likeness (QED) is 0.540. The molecule has 0 spiro atoms. The maximum Gasteiger partial charge on any atom is 0.341 e. The van der Waals surface area contributed by atoms with Gasteiger partial charge < -0.3 is 15.4 Å². The number of benzene rings is 1. The maximum atomic E-state index is 12.6. The van der Waals surface area contributed by atoms with Gasteiger partial charge in [0.1, 0.15) is 5.00 Å². The summed E-state index contributed by atoms with van der Waals surface area (Å²) in [6.07, 6.45) is 6.73. The largest absolute Gasteiger partial charge is 0.462 e. The molecule has 2 N–H and O–H groups in total. The van der Waals surface area contributed by atoms with E-state index in [1.54, 1.807) is 11.3 Å². The number of thiophene rings is 1. The number of fused-ring (bicyclic) bond motifs is 1. The lowest BCUT2D eigenvalue weighted by Crippen LogP contribution is -2.28. The molecule has 1 aromatic carbocycles. The molecule has 0 atom stereocenters. The van der Waals surface area contributed by atoms with Crippen LogP contribution in [0.1, 0.15) is 59.0 Å². The summed E-state index contributed by atoms with van der Waals surface area (Å²) in [5, 5.41) is 7.82. The number of aryl methyl sites for hydroxylation is 1.